The summed E-state index contributed by atoms with van der Waals surface area (Å²) in [4.78, 5) is 14.5. The highest BCUT2D eigenvalue weighted by molar-refractivity contribution is 9.10. The molecule has 1 aromatic rings. The molecule has 0 aliphatic carbocycles. The second-order valence-electron chi connectivity index (χ2n) is 4.09. The zero-order valence-electron chi connectivity index (χ0n) is 9.13. The zero-order chi connectivity index (χ0) is 12.4. The molecule has 0 radical (unpaired) electrons. The number of benzene rings is 1. The highest BCUT2D eigenvalue weighted by atomic mass is 79.9. The largest absolute Gasteiger partial charge is 0.339 e. The summed E-state index contributed by atoms with van der Waals surface area (Å²) >= 11 is 6.78. The number of halogens is 3. The Labute approximate surface area is 116 Å². The first kappa shape index (κ1) is 13.0. The summed E-state index contributed by atoms with van der Waals surface area (Å²) in [5.74, 6) is -0.371. The summed E-state index contributed by atoms with van der Waals surface area (Å²) in [6, 6.07) is 4.17. The molecule has 1 amide bonds. The monoisotopic (exact) mass is 363 g/mol. The fraction of sp³-hybridized carbons (Fsp3) is 0.417. The first-order chi connectivity index (χ1) is 8.08. The van der Waals surface area contributed by atoms with Gasteiger partial charge in [0, 0.05) is 22.4 Å². The van der Waals surface area contributed by atoms with Crippen molar-refractivity contribution in [3.8, 4) is 0 Å². The molecule has 2 rings (SSSR count). The molecule has 0 saturated carbocycles. The third kappa shape index (κ3) is 3.07. The highest BCUT2D eigenvalue weighted by Crippen LogP contribution is 2.23. The Kier molecular flexibility index (Phi) is 4.20. The van der Waals surface area contributed by atoms with E-state index in [4.69, 9.17) is 0 Å². The molecule has 0 atom stereocenters. The van der Waals surface area contributed by atoms with Crippen molar-refractivity contribution in [1.29, 1.82) is 0 Å². The third-order valence-corrected chi connectivity index (χ3v) is 4.45. The van der Waals surface area contributed by atoms with Crippen LogP contribution in [0.2, 0.25) is 0 Å². The van der Waals surface area contributed by atoms with Crippen LogP contribution in [0.5, 0.6) is 0 Å². The SMILES string of the molecule is O=C(c1ccc(F)cc1Br)N1CCC(Br)CC1. The molecule has 0 N–H and O–H groups in total. The number of nitrogens with zero attached hydrogens (tertiary/aromatic N) is 1. The number of amides is 1. The van der Waals surface area contributed by atoms with Crippen molar-refractivity contribution < 1.29 is 9.18 Å². The van der Waals surface area contributed by atoms with Gasteiger partial charge in [0.25, 0.3) is 5.91 Å². The lowest BCUT2D eigenvalue weighted by Gasteiger charge is -2.29. The molecule has 92 valence electrons. The van der Waals surface area contributed by atoms with Crippen molar-refractivity contribution in [3.05, 3.63) is 34.1 Å². The third-order valence-electron chi connectivity index (χ3n) is 2.87. The fourth-order valence-electron chi connectivity index (χ4n) is 1.88. The molecule has 0 unspecified atom stereocenters. The predicted octanol–water partition coefficient (Wildman–Crippen LogP) is 3.59. The van der Waals surface area contributed by atoms with E-state index in [2.05, 4.69) is 31.9 Å². The van der Waals surface area contributed by atoms with Crippen LogP contribution in [0, 0.1) is 5.82 Å². The average molecular weight is 365 g/mol. The Balaban J connectivity index is 2.14. The molecule has 1 heterocycles. The van der Waals surface area contributed by atoms with Crippen LogP contribution in [0.25, 0.3) is 0 Å². The Hall–Kier alpha value is -0.420. The molecule has 5 heteroatoms. The fourth-order valence-corrected chi connectivity index (χ4v) is 2.81. The number of carbonyl (C=O) groups excluding carboxylic acids is 1. The molecule has 1 saturated heterocycles. The molecule has 17 heavy (non-hydrogen) atoms. The minimum absolute atomic E-state index is 0.0312. The smallest absolute Gasteiger partial charge is 0.255 e. The van der Waals surface area contributed by atoms with Gasteiger partial charge in [-0.15, -0.1) is 0 Å². The van der Waals surface area contributed by atoms with Crippen molar-refractivity contribution >= 4 is 37.8 Å². The van der Waals surface area contributed by atoms with Gasteiger partial charge in [-0.1, -0.05) is 15.9 Å². The van der Waals surface area contributed by atoms with Crippen molar-refractivity contribution in [3.63, 3.8) is 0 Å². The first-order valence-corrected chi connectivity index (χ1v) is 7.17. The summed E-state index contributed by atoms with van der Waals surface area (Å²) in [5, 5.41) is 0. The van der Waals surface area contributed by atoms with Crippen LogP contribution < -0.4 is 0 Å². The average Bonchev–Trinajstić information content (AvgIpc) is 2.29. The van der Waals surface area contributed by atoms with Gasteiger partial charge in [0.15, 0.2) is 0 Å². The molecule has 1 aliphatic heterocycles. The summed E-state index contributed by atoms with van der Waals surface area (Å²) in [7, 11) is 0. The Morgan fingerprint density at radius 3 is 2.59 bits per heavy atom. The Morgan fingerprint density at radius 1 is 1.35 bits per heavy atom. The van der Waals surface area contributed by atoms with Gasteiger partial charge >= 0.3 is 0 Å². The highest BCUT2D eigenvalue weighted by Gasteiger charge is 2.23. The van der Waals surface area contributed by atoms with Crippen LogP contribution in [0.1, 0.15) is 23.2 Å². The molecule has 2 nitrogen and oxygen atoms in total. The molecule has 1 fully saturated rings. The van der Waals surface area contributed by atoms with Crippen LogP contribution in [-0.4, -0.2) is 28.7 Å². The van der Waals surface area contributed by atoms with Gasteiger partial charge in [0.1, 0.15) is 5.82 Å². The van der Waals surface area contributed by atoms with Gasteiger partial charge < -0.3 is 4.90 Å². The number of hydrogen-bond acceptors (Lipinski definition) is 1. The maximum Gasteiger partial charge on any atom is 0.255 e. The number of piperidine rings is 1. The van der Waals surface area contributed by atoms with E-state index in [0.717, 1.165) is 25.9 Å². The Bertz CT molecular complexity index is 431. The maximum atomic E-state index is 12.9. The topological polar surface area (TPSA) is 20.3 Å². The van der Waals surface area contributed by atoms with E-state index in [0.29, 0.717) is 14.9 Å². The van der Waals surface area contributed by atoms with Crippen LogP contribution >= 0.6 is 31.9 Å². The van der Waals surface area contributed by atoms with Crippen molar-refractivity contribution in [2.24, 2.45) is 0 Å². The van der Waals surface area contributed by atoms with Gasteiger partial charge in [0.05, 0.1) is 5.56 Å². The standard InChI is InChI=1S/C12H12Br2FNO/c13-8-3-5-16(6-4-8)12(17)10-2-1-9(15)7-11(10)14/h1-2,7-8H,3-6H2. The first-order valence-electron chi connectivity index (χ1n) is 5.46. The van der Waals surface area contributed by atoms with Crippen LogP contribution in [0.3, 0.4) is 0 Å². The van der Waals surface area contributed by atoms with Crippen molar-refractivity contribution in [1.82, 2.24) is 4.90 Å². The van der Waals surface area contributed by atoms with Gasteiger partial charge in [-0.3, -0.25) is 4.79 Å². The van der Waals surface area contributed by atoms with Crippen LogP contribution in [0.15, 0.2) is 22.7 Å². The summed E-state index contributed by atoms with van der Waals surface area (Å²) in [5.41, 5.74) is 0.527. The molecule has 0 bridgehead atoms. The van der Waals surface area contributed by atoms with Crippen molar-refractivity contribution in [2.75, 3.05) is 13.1 Å². The van der Waals surface area contributed by atoms with Gasteiger partial charge in [0.2, 0.25) is 0 Å². The molecular weight excluding hydrogens is 353 g/mol. The number of hydrogen-bond donors (Lipinski definition) is 0. The van der Waals surface area contributed by atoms with Gasteiger partial charge in [-0.05, 0) is 47.0 Å². The molecule has 1 aromatic carbocycles. The van der Waals surface area contributed by atoms with E-state index in [1.165, 1.54) is 18.2 Å². The molecular formula is C12H12Br2FNO. The van der Waals surface area contributed by atoms with Gasteiger partial charge in [-0.25, -0.2) is 4.39 Å². The van der Waals surface area contributed by atoms with E-state index in [1.54, 1.807) is 0 Å². The summed E-state index contributed by atoms with van der Waals surface area (Å²) in [6.45, 7) is 1.50. The Morgan fingerprint density at radius 2 is 2.00 bits per heavy atom. The minimum atomic E-state index is -0.340. The van der Waals surface area contributed by atoms with E-state index in [9.17, 15) is 9.18 Å². The summed E-state index contributed by atoms with van der Waals surface area (Å²) < 4.78 is 13.5. The lowest BCUT2D eigenvalue weighted by Crippen LogP contribution is -2.38. The lowest BCUT2D eigenvalue weighted by molar-refractivity contribution is 0.0727. The second-order valence-corrected chi connectivity index (χ2v) is 6.24. The number of rotatable bonds is 1. The maximum absolute atomic E-state index is 12.9. The summed E-state index contributed by atoms with van der Waals surface area (Å²) in [6.07, 6.45) is 1.93. The number of likely N-dealkylation sites (tertiary alicyclic amines) is 1. The number of alkyl halides is 1. The lowest BCUT2D eigenvalue weighted by atomic mass is 10.1. The van der Waals surface area contributed by atoms with E-state index in [1.807, 2.05) is 4.90 Å². The molecule has 1 aliphatic rings. The molecule has 0 spiro atoms. The molecule has 0 aromatic heterocycles. The van der Waals surface area contributed by atoms with E-state index in [-0.39, 0.29) is 11.7 Å². The van der Waals surface area contributed by atoms with Gasteiger partial charge in [-0.2, -0.15) is 0 Å². The van der Waals surface area contributed by atoms with E-state index < -0.39 is 0 Å². The normalized spacial score (nSPS) is 17.2. The second kappa shape index (κ2) is 5.48. The van der Waals surface area contributed by atoms with Crippen LogP contribution in [-0.2, 0) is 0 Å². The van der Waals surface area contributed by atoms with Crippen molar-refractivity contribution in [2.45, 2.75) is 17.7 Å². The zero-order valence-corrected chi connectivity index (χ0v) is 12.3. The van der Waals surface area contributed by atoms with E-state index >= 15 is 0 Å². The van der Waals surface area contributed by atoms with Crippen LogP contribution in [0.4, 0.5) is 4.39 Å². The number of carbonyl (C=O) groups is 1. The predicted molar refractivity (Wildman–Crippen MR) is 72.0 cm³/mol. The minimum Gasteiger partial charge on any atom is -0.339 e. The quantitative estimate of drug-likeness (QED) is 0.697.